The molecule has 0 radical (unpaired) electrons. The summed E-state index contributed by atoms with van der Waals surface area (Å²) in [7, 11) is 0. The van der Waals surface area contributed by atoms with Crippen molar-refractivity contribution in [2.45, 2.75) is 284 Å². The molecule has 10 fully saturated rings. The van der Waals surface area contributed by atoms with Crippen LogP contribution in [0.25, 0.3) is 0 Å². The fourth-order valence-electron chi connectivity index (χ4n) is 18.9. The van der Waals surface area contributed by atoms with Gasteiger partial charge in [-0.2, -0.15) is 0 Å². The van der Waals surface area contributed by atoms with Gasteiger partial charge in [0, 0.05) is 11.3 Å². The molecule has 5 aliphatic carbocycles. The maximum atomic E-state index is 15.7. The first-order valence-electron chi connectivity index (χ1n) is 33.1. The molecule has 11 rings (SSSR count). The van der Waals surface area contributed by atoms with Crippen LogP contribution in [0.3, 0.4) is 0 Å². The first-order chi connectivity index (χ1) is 44.0. The van der Waals surface area contributed by atoms with Crippen LogP contribution in [-0.2, 0) is 61.6 Å². The van der Waals surface area contributed by atoms with Crippen LogP contribution in [0.1, 0.15) is 107 Å². The Hall–Kier alpha value is -1.95. The number of fused-ring (bicyclic) bond motifs is 7. The lowest BCUT2D eigenvalue weighted by molar-refractivity contribution is -0.387. The number of ether oxygens (including phenoxy) is 12. The van der Waals surface area contributed by atoms with Gasteiger partial charge in [-0.1, -0.05) is 53.2 Å². The minimum Gasteiger partial charge on any atom is -0.432 e. The normalized spacial score (nSPS) is 55.9. The second-order valence-electron chi connectivity index (χ2n) is 30.8. The van der Waals surface area contributed by atoms with Crippen molar-refractivity contribution in [2.24, 2.45) is 50.2 Å². The van der Waals surface area contributed by atoms with Gasteiger partial charge in [0.05, 0.1) is 75.6 Å². The van der Waals surface area contributed by atoms with E-state index in [0.717, 1.165) is 5.57 Å². The first-order valence-corrected chi connectivity index (χ1v) is 33.1. The van der Waals surface area contributed by atoms with E-state index in [2.05, 4.69) is 33.8 Å². The number of hydrogen-bond acceptors (Lipinski definition) is 31. The van der Waals surface area contributed by atoms with Gasteiger partial charge in [-0.05, 0) is 98.7 Å². The van der Waals surface area contributed by atoms with Gasteiger partial charge in [-0.3, -0.25) is 4.79 Å². The van der Waals surface area contributed by atoms with Crippen molar-refractivity contribution in [1.29, 1.82) is 0 Å². The van der Waals surface area contributed by atoms with Gasteiger partial charge >= 0.3 is 5.97 Å². The Balaban J connectivity index is 0.838. The molecule has 0 aromatic carbocycles. The molecule has 0 aromatic heterocycles. The Labute approximate surface area is 543 Å². The summed E-state index contributed by atoms with van der Waals surface area (Å²) in [5.74, 6) is -2.09. The van der Waals surface area contributed by atoms with Crippen LogP contribution in [0.4, 0.5) is 0 Å². The number of carbonyl (C=O) groups excluding carboxylic acids is 1. The van der Waals surface area contributed by atoms with Crippen LogP contribution in [0.15, 0.2) is 11.6 Å². The average molecular weight is 1360 g/mol. The minimum atomic E-state index is -2.24. The Morgan fingerprint density at radius 1 is 0.532 bits per heavy atom. The Morgan fingerprint density at radius 2 is 1.12 bits per heavy atom. The number of rotatable bonds is 15. The molecular formula is C63H102O31. The van der Waals surface area contributed by atoms with Crippen molar-refractivity contribution in [3.8, 4) is 0 Å². The first kappa shape index (κ1) is 73.3. The van der Waals surface area contributed by atoms with Crippen molar-refractivity contribution < 1.29 is 154 Å². The third kappa shape index (κ3) is 12.1. The summed E-state index contributed by atoms with van der Waals surface area (Å²) in [6, 6.07) is 0. The molecule has 37 atom stereocenters. The zero-order valence-electron chi connectivity index (χ0n) is 54.2. The molecule has 31 nitrogen and oxygen atoms in total. The van der Waals surface area contributed by atoms with Crippen LogP contribution in [-0.4, -0.2) is 315 Å². The van der Waals surface area contributed by atoms with E-state index in [1.54, 1.807) is 6.92 Å². The molecular weight excluding hydrogens is 1250 g/mol. The van der Waals surface area contributed by atoms with E-state index in [-0.39, 0.29) is 30.6 Å². The Morgan fingerprint density at radius 3 is 1.78 bits per heavy atom. The maximum absolute atomic E-state index is 15.7. The van der Waals surface area contributed by atoms with Crippen molar-refractivity contribution in [2.75, 3.05) is 39.6 Å². The van der Waals surface area contributed by atoms with Crippen LogP contribution in [0.2, 0.25) is 0 Å². The molecule has 540 valence electrons. The highest BCUT2D eigenvalue weighted by atomic mass is 16.8. The molecule has 0 unspecified atom stereocenters. The molecule has 4 saturated carbocycles. The van der Waals surface area contributed by atoms with Crippen LogP contribution < -0.4 is 0 Å². The fourth-order valence-corrected chi connectivity index (χ4v) is 18.9. The summed E-state index contributed by atoms with van der Waals surface area (Å²) in [6.45, 7) is 11.1. The van der Waals surface area contributed by atoms with Crippen molar-refractivity contribution in [3.63, 3.8) is 0 Å². The summed E-state index contributed by atoms with van der Waals surface area (Å²) in [4.78, 5) is 15.7. The highest BCUT2D eigenvalue weighted by molar-refractivity contribution is 5.79. The van der Waals surface area contributed by atoms with Crippen molar-refractivity contribution in [1.82, 2.24) is 0 Å². The van der Waals surface area contributed by atoms with Gasteiger partial charge in [0.1, 0.15) is 103 Å². The highest BCUT2D eigenvalue weighted by Gasteiger charge is 2.74. The lowest BCUT2D eigenvalue weighted by Crippen LogP contribution is -2.72. The largest absolute Gasteiger partial charge is 0.432 e. The molecule has 0 aromatic rings. The third-order valence-electron chi connectivity index (χ3n) is 24.5. The molecule has 0 spiro atoms. The van der Waals surface area contributed by atoms with Crippen LogP contribution >= 0.6 is 0 Å². The summed E-state index contributed by atoms with van der Waals surface area (Å²) < 4.78 is 72.0. The van der Waals surface area contributed by atoms with Crippen LogP contribution in [0, 0.1) is 50.2 Å². The molecule has 6 heterocycles. The van der Waals surface area contributed by atoms with E-state index in [0.29, 0.717) is 32.1 Å². The molecule has 6 aliphatic heterocycles. The van der Waals surface area contributed by atoms with Crippen LogP contribution in [0.5, 0.6) is 0 Å². The van der Waals surface area contributed by atoms with E-state index >= 15 is 4.79 Å². The predicted octanol–water partition coefficient (Wildman–Crippen LogP) is -5.50. The second kappa shape index (κ2) is 26.8. The van der Waals surface area contributed by atoms with Gasteiger partial charge in [0.25, 0.3) is 0 Å². The zero-order valence-corrected chi connectivity index (χ0v) is 54.2. The average Bonchev–Trinajstić information content (AvgIpc) is 0.723. The van der Waals surface area contributed by atoms with Gasteiger partial charge in [0.15, 0.2) is 37.6 Å². The van der Waals surface area contributed by atoms with Gasteiger partial charge < -0.3 is 149 Å². The SMILES string of the molecule is C[C@@H]1O[C@@H](O[C@@H]2[C@@H](O)[C@@H](O[C@@H]3[C@@H](O[C@@H]4OC[C@](O)(CO)[C@H]4O)[C@@H](O)[C@H](O[C@H]4[C@H](OC(=O)[C@]56CCC(C)(C)C[C@H]5C5=CC[C@@H]7[C@@]8(C)C[C@@H](O)[C@H](O[C@@H]9O[C@H](CO)[C@@H](O)[C@H](O)[C@H]9O)[C@@](C)(CO)[C@@H]8[C@H](O)C[C@@]7(C)[C@]5(C)CC6)OC[C@H](O)[C@@H]4O)O[C@H]3C)OC[C@H]2O)[C@H](O)[C@H](O)[C@H]1O. The Bertz CT molecular complexity index is 2680. The van der Waals surface area contributed by atoms with Crippen molar-refractivity contribution >= 4 is 5.97 Å². The smallest absolute Gasteiger partial charge is 0.315 e. The topological polar surface area (TPSA) is 492 Å². The maximum Gasteiger partial charge on any atom is 0.315 e. The quantitative estimate of drug-likeness (QED) is 0.0413. The van der Waals surface area contributed by atoms with Gasteiger partial charge in [-0.15, -0.1) is 0 Å². The molecule has 0 bridgehead atoms. The molecule has 18 N–H and O–H groups in total. The third-order valence-corrected chi connectivity index (χ3v) is 24.5. The summed E-state index contributed by atoms with van der Waals surface area (Å²) in [5, 5.41) is 200. The summed E-state index contributed by atoms with van der Waals surface area (Å²) in [5.41, 5.74) is -6.39. The number of aliphatic hydroxyl groups excluding tert-OH is 17. The lowest BCUT2D eigenvalue weighted by atomic mass is 9.33. The minimum absolute atomic E-state index is 0.0766. The number of esters is 1. The molecule has 31 heteroatoms. The van der Waals surface area contributed by atoms with Gasteiger partial charge in [0.2, 0.25) is 6.29 Å². The monoisotopic (exact) mass is 1350 g/mol. The van der Waals surface area contributed by atoms with E-state index in [1.165, 1.54) is 13.8 Å². The standard InChI is InChI=1S/C63H102O31/c1-24-34(71)37(74)39(76)51(86-24)90-44-31(70)20-83-50(41(44)78)89-43-25(2)87-53(42(79)45(43)91-55-48(80)63(82,22-66)23-85-55)92-46-35(72)30(69)19-84-54(46)94-56(81)62-13-11-57(3,4)15-27(62)26-9-10-33-58(5)16-29(68)49(93-52-40(77)38(75)36(73)32(18-64)88-52)59(6,21-65)47(58)28(67)17-61(33,8)60(26,7)12-14-62/h9,24-25,27-55,64-80,82H,10-23H2,1-8H3/t24-,25-,27-,28+,29+,30-,31+,32+,33+,34-,35-,36+,37+,38-,39+,40+,41+,42+,43-,44-,45-,46+,47+,48-,49-,50+,51-,52-,53-,54-,55-,58+,59-,60+,61+,62-,63+/m0/s1. The number of allylic oxidation sites excluding steroid dienone is 2. The van der Waals surface area contributed by atoms with E-state index < -0.39 is 262 Å². The molecule has 94 heavy (non-hydrogen) atoms. The molecule has 11 aliphatic rings. The Kier molecular flexibility index (Phi) is 20.9. The molecule has 6 saturated heterocycles. The van der Waals surface area contributed by atoms with E-state index in [9.17, 15) is 91.9 Å². The number of carbonyl (C=O) groups is 1. The van der Waals surface area contributed by atoms with E-state index in [4.69, 9.17) is 56.8 Å². The second-order valence-corrected chi connectivity index (χ2v) is 30.8. The fraction of sp³-hybridized carbons (Fsp3) is 0.952. The number of hydrogen-bond donors (Lipinski definition) is 18. The zero-order chi connectivity index (χ0) is 68.6. The predicted molar refractivity (Wildman–Crippen MR) is 311 cm³/mol. The summed E-state index contributed by atoms with van der Waals surface area (Å²) >= 11 is 0. The molecule has 0 amide bonds. The van der Waals surface area contributed by atoms with E-state index in [1.807, 2.05) is 6.92 Å². The van der Waals surface area contributed by atoms with Crippen molar-refractivity contribution in [3.05, 3.63) is 11.6 Å². The summed E-state index contributed by atoms with van der Waals surface area (Å²) in [6.07, 6.45) is -40.9. The van der Waals surface area contributed by atoms with Gasteiger partial charge in [-0.25, -0.2) is 0 Å². The lowest BCUT2D eigenvalue weighted by Gasteiger charge is -2.72. The highest BCUT2D eigenvalue weighted by Crippen LogP contribution is 2.76. The number of aliphatic hydroxyl groups is 18.